The highest BCUT2D eigenvalue weighted by Gasteiger charge is 2.46. The summed E-state index contributed by atoms with van der Waals surface area (Å²) in [5.41, 5.74) is 6.53. The lowest BCUT2D eigenvalue weighted by molar-refractivity contribution is -0.134. The molecule has 1 unspecified atom stereocenters. The molecule has 0 heterocycles. The Hall–Kier alpha value is -2.02. The molecule has 4 nitrogen and oxygen atoms in total. The molecule has 3 aliphatic rings. The summed E-state index contributed by atoms with van der Waals surface area (Å²) in [7, 11) is 0. The summed E-state index contributed by atoms with van der Waals surface area (Å²) in [6.45, 7) is -0.335. The zero-order valence-corrected chi connectivity index (χ0v) is 16.5. The van der Waals surface area contributed by atoms with Gasteiger partial charge in [-0.15, -0.1) is 0 Å². The fourth-order valence-corrected chi connectivity index (χ4v) is 4.77. The number of fused-ring (bicyclic) bond motifs is 4. The number of amides is 1. The fourth-order valence-electron chi connectivity index (χ4n) is 4.77. The van der Waals surface area contributed by atoms with Gasteiger partial charge in [0, 0.05) is 17.5 Å². The average Bonchev–Trinajstić information content (AvgIpc) is 3.04. The summed E-state index contributed by atoms with van der Waals surface area (Å²) in [5, 5.41) is 2.45. The van der Waals surface area contributed by atoms with Crippen molar-refractivity contribution in [3.8, 4) is 5.75 Å². The van der Waals surface area contributed by atoms with Crippen LogP contribution in [0.3, 0.4) is 0 Å². The molecule has 0 aliphatic heterocycles. The molecule has 1 aromatic rings. The lowest BCUT2D eigenvalue weighted by Gasteiger charge is -2.36. The third-order valence-corrected chi connectivity index (χ3v) is 6.54. The van der Waals surface area contributed by atoms with E-state index in [0.717, 1.165) is 38.5 Å². The summed E-state index contributed by atoms with van der Waals surface area (Å²) in [4.78, 5) is 12.6. The van der Waals surface area contributed by atoms with Crippen molar-refractivity contribution in [3.05, 3.63) is 41.7 Å². The molecule has 2 bridgehead atoms. The first kappa shape index (κ1) is 21.7. The van der Waals surface area contributed by atoms with Crippen molar-refractivity contribution < 1.29 is 22.7 Å². The molecule has 0 aromatic heterocycles. The molecule has 160 valence electrons. The second kappa shape index (κ2) is 9.65. The van der Waals surface area contributed by atoms with E-state index in [-0.39, 0.29) is 19.1 Å². The van der Waals surface area contributed by atoms with Gasteiger partial charge in [-0.2, -0.15) is 0 Å². The molecule has 4 rings (SSSR count). The van der Waals surface area contributed by atoms with Gasteiger partial charge in [0.05, 0.1) is 12.9 Å². The Kier molecular flexibility index (Phi) is 7.22. The molecule has 7 heteroatoms. The van der Waals surface area contributed by atoms with Gasteiger partial charge in [0.2, 0.25) is 5.91 Å². The van der Waals surface area contributed by atoms with Crippen LogP contribution >= 0.6 is 0 Å². The van der Waals surface area contributed by atoms with Crippen molar-refractivity contribution in [1.29, 1.82) is 0 Å². The quantitative estimate of drug-likeness (QED) is 0.671. The Balaban J connectivity index is 1.63. The van der Waals surface area contributed by atoms with Crippen LogP contribution in [0.4, 0.5) is 13.2 Å². The normalized spacial score (nSPS) is 27.0. The number of alkyl halides is 2. The minimum absolute atomic E-state index is 0.116. The van der Waals surface area contributed by atoms with E-state index in [2.05, 4.69) is 5.32 Å². The fraction of sp³-hybridized carbons (Fsp3) is 0.591. The van der Waals surface area contributed by atoms with Crippen molar-refractivity contribution in [2.75, 3.05) is 19.7 Å². The number of rotatable bonds is 8. The van der Waals surface area contributed by atoms with E-state index in [1.165, 1.54) is 5.56 Å². The molecule has 29 heavy (non-hydrogen) atoms. The standard InChI is InChI=1S/C22H29F3N2O2/c23-11-15(12-26)14-29-18-3-1-16(2-4-18)19-7-10-22(8-5-17(19)6-9-22)21(28)27-13-20(24)25/h1-4,11,17,19-20H,5-10,12-14,26H2,(H,27,28)/b15-11+. The van der Waals surface area contributed by atoms with Gasteiger partial charge in [0.15, 0.2) is 0 Å². The first-order valence-corrected chi connectivity index (χ1v) is 10.2. The van der Waals surface area contributed by atoms with E-state index in [4.69, 9.17) is 10.5 Å². The highest BCUT2D eigenvalue weighted by atomic mass is 19.3. The number of halogens is 3. The van der Waals surface area contributed by atoms with E-state index in [1.54, 1.807) is 0 Å². The SMILES string of the molecule is NC/C(=C\F)COc1ccc(C2CCC3(C(=O)NCC(F)F)CCC2CC3)cc1. The molecule has 3 saturated carbocycles. The topological polar surface area (TPSA) is 64.3 Å². The van der Waals surface area contributed by atoms with Crippen LogP contribution < -0.4 is 15.8 Å². The third-order valence-electron chi connectivity index (χ3n) is 6.54. The van der Waals surface area contributed by atoms with Crippen LogP contribution in [0.15, 0.2) is 36.2 Å². The zero-order chi connectivity index (χ0) is 20.9. The predicted octanol–water partition coefficient (Wildman–Crippen LogP) is 4.31. The number of hydrogen-bond acceptors (Lipinski definition) is 3. The van der Waals surface area contributed by atoms with Gasteiger partial charge in [0.25, 0.3) is 6.43 Å². The number of carbonyl (C=O) groups excluding carboxylic acids is 1. The van der Waals surface area contributed by atoms with Crippen molar-refractivity contribution >= 4 is 5.91 Å². The van der Waals surface area contributed by atoms with Crippen LogP contribution in [-0.4, -0.2) is 32.0 Å². The summed E-state index contributed by atoms with van der Waals surface area (Å²) in [6.07, 6.45) is 2.95. The largest absolute Gasteiger partial charge is 0.489 e. The lowest BCUT2D eigenvalue weighted by Crippen LogP contribution is -2.43. The van der Waals surface area contributed by atoms with Crippen molar-refractivity contribution in [1.82, 2.24) is 5.32 Å². The van der Waals surface area contributed by atoms with Crippen LogP contribution in [-0.2, 0) is 4.79 Å². The number of nitrogens with two attached hydrogens (primary N) is 1. The van der Waals surface area contributed by atoms with E-state index in [1.807, 2.05) is 24.3 Å². The smallest absolute Gasteiger partial charge is 0.255 e. The molecule has 3 aliphatic carbocycles. The minimum Gasteiger partial charge on any atom is -0.489 e. The number of benzene rings is 1. The summed E-state index contributed by atoms with van der Waals surface area (Å²) >= 11 is 0. The molecule has 0 spiro atoms. The van der Waals surface area contributed by atoms with Gasteiger partial charge >= 0.3 is 0 Å². The highest BCUT2D eigenvalue weighted by Crippen LogP contribution is 2.53. The van der Waals surface area contributed by atoms with Crippen molar-refractivity contribution in [2.24, 2.45) is 17.1 Å². The van der Waals surface area contributed by atoms with Crippen LogP contribution in [0.5, 0.6) is 5.75 Å². The van der Waals surface area contributed by atoms with E-state index in [0.29, 0.717) is 29.5 Å². The van der Waals surface area contributed by atoms with Crippen LogP contribution in [0.2, 0.25) is 0 Å². The Bertz CT molecular complexity index is 713. The van der Waals surface area contributed by atoms with Crippen LogP contribution in [0.25, 0.3) is 0 Å². The van der Waals surface area contributed by atoms with Gasteiger partial charge in [-0.25, -0.2) is 13.2 Å². The second-order valence-electron chi connectivity index (χ2n) is 8.19. The average molecular weight is 410 g/mol. The number of hydrogen-bond donors (Lipinski definition) is 2. The molecule has 3 N–H and O–H groups in total. The molecule has 0 saturated heterocycles. The van der Waals surface area contributed by atoms with Crippen molar-refractivity contribution in [2.45, 2.75) is 50.9 Å². The van der Waals surface area contributed by atoms with Crippen LogP contribution in [0.1, 0.15) is 50.0 Å². The van der Waals surface area contributed by atoms with E-state index in [9.17, 15) is 18.0 Å². The Morgan fingerprint density at radius 3 is 2.45 bits per heavy atom. The number of ether oxygens (including phenoxy) is 1. The molecule has 0 radical (unpaired) electrons. The van der Waals surface area contributed by atoms with Gasteiger partial charge in [-0.3, -0.25) is 4.79 Å². The maximum atomic E-state index is 12.6. The van der Waals surface area contributed by atoms with Crippen molar-refractivity contribution in [3.63, 3.8) is 0 Å². The Labute approximate surface area is 169 Å². The molecular formula is C22H29F3N2O2. The lowest BCUT2D eigenvalue weighted by atomic mass is 9.70. The zero-order valence-electron chi connectivity index (χ0n) is 16.5. The molecule has 1 atom stereocenters. The highest BCUT2D eigenvalue weighted by molar-refractivity contribution is 5.82. The Morgan fingerprint density at radius 2 is 1.86 bits per heavy atom. The maximum Gasteiger partial charge on any atom is 0.255 e. The van der Waals surface area contributed by atoms with Crippen LogP contribution in [0, 0.1) is 11.3 Å². The van der Waals surface area contributed by atoms with E-state index < -0.39 is 18.4 Å². The molecule has 3 fully saturated rings. The third kappa shape index (κ3) is 5.13. The van der Waals surface area contributed by atoms with E-state index >= 15 is 0 Å². The molecular weight excluding hydrogens is 381 g/mol. The second-order valence-corrected chi connectivity index (χ2v) is 8.19. The van der Waals surface area contributed by atoms with Gasteiger partial charge in [-0.1, -0.05) is 12.1 Å². The molecule has 1 aromatic carbocycles. The minimum atomic E-state index is -2.52. The Morgan fingerprint density at radius 1 is 1.21 bits per heavy atom. The summed E-state index contributed by atoms with van der Waals surface area (Å²) in [6, 6.07) is 7.82. The van der Waals surface area contributed by atoms with Gasteiger partial charge < -0.3 is 15.8 Å². The monoisotopic (exact) mass is 410 g/mol. The first-order valence-electron chi connectivity index (χ1n) is 10.2. The van der Waals surface area contributed by atoms with Gasteiger partial charge in [-0.05, 0) is 68.1 Å². The van der Waals surface area contributed by atoms with Gasteiger partial charge in [0.1, 0.15) is 12.4 Å². The summed E-state index contributed by atoms with van der Waals surface area (Å²) < 4.78 is 43.1. The molecule has 1 amide bonds. The number of carbonyl (C=O) groups is 1. The first-order chi connectivity index (χ1) is 14.0. The predicted molar refractivity (Wildman–Crippen MR) is 106 cm³/mol. The maximum absolute atomic E-state index is 12.6. The number of nitrogens with one attached hydrogen (secondary N) is 1. The summed E-state index contributed by atoms with van der Waals surface area (Å²) in [5.74, 6) is 1.29.